The molecule has 2 atom stereocenters. The van der Waals surface area contributed by atoms with Gasteiger partial charge in [0.15, 0.2) is 0 Å². The monoisotopic (exact) mass is 610 g/mol. The summed E-state index contributed by atoms with van der Waals surface area (Å²) in [6.45, 7) is 2.08. The fourth-order valence-corrected chi connectivity index (χ4v) is 7.98. The zero-order chi connectivity index (χ0) is 28.9. The highest BCUT2D eigenvalue weighted by molar-refractivity contribution is 9.10. The van der Waals surface area contributed by atoms with Gasteiger partial charge in [-0.1, -0.05) is 130 Å². The number of hydrogen-bond donors (Lipinski definition) is 0. The van der Waals surface area contributed by atoms with Gasteiger partial charge in [-0.25, -0.2) is 5.98 Å². The molecule has 2 aromatic heterocycles. The van der Waals surface area contributed by atoms with Crippen molar-refractivity contribution in [1.82, 2.24) is 9.13 Å². The SMILES string of the molecule is Cc1ccccc1.Cn1cc[n+]2c1[B@@-]1(c3ccccc3)C(c3ccc(Br)cc3)=C[B@-]2(c2ccccc2)c2n(C)cc[n+]21. The third-order valence-corrected chi connectivity index (χ3v) is 9.88. The van der Waals surface area contributed by atoms with Crippen LogP contribution in [-0.4, -0.2) is 21.7 Å². The summed E-state index contributed by atoms with van der Waals surface area (Å²) in [6.07, 6.45) is 6.13. The number of hydrogen-bond acceptors (Lipinski definition) is 0. The van der Waals surface area contributed by atoms with Crippen molar-refractivity contribution in [3.05, 3.63) is 162 Å². The van der Waals surface area contributed by atoms with Crippen molar-refractivity contribution in [3.63, 3.8) is 0 Å². The van der Waals surface area contributed by atoms with Crippen molar-refractivity contribution in [2.75, 3.05) is 0 Å². The lowest BCUT2D eigenvalue weighted by Crippen LogP contribution is -3.05. The van der Waals surface area contributed by atoms with Gasteiger partial charge in [-0.2, -0.15) is 5.47 Å². The molecule has 5 heterocycles. The number of imidazole rings is 2. The van der Waals surface area contributed by atoms with Gasteiger partial charge in [0.05, 0.1) is 37.9 Å². The van der Waals surface area contributed by atoms with Crippen LogP contribution in [0.15, 0.2) is 150 Å². The highest BCUT2D eigenvalue weighted by Gasteiger charge is 2.62. The van der Waals surface area contributed by atoms with Gasteiger partial charge in [0.25, 0.3) is 0 Å². The second kappa shape index (κ2) is 10.2. The topological polar surface area (TPSA) is 17.6 Å². The number of rotatable bonds is 3. The second-order valence-corrected chi connectivity index (χ2v) is 12.6. The minimum Gasteiger partial charge on any atom is -0.446 e. The van der Waals surface area contributed by atoms with Gasteiger partial charge < -0.3 is 8.96 Å². The van der Waals surface area contributed by atoms with Gasteiger partial charge in [-0.3, -0.25) is 9.13 Å². The van der Waals surface area contributed by atoms with E-state index >= 15 is 0 Å². The molecule has 2 bridgehead atoms. The smallest absolute Gasteiger partial charge is 0.346 e. The number of benzene rings is 4. The first-order valence-electron chi connectivity index (χ1n) is 14.6. The van der Waals surface area contributed by atoms with E-state index in [1.165, 1.54) is 39.0 Å². The molecule has 0 radical (unpaired) electrons. The molecule has 0 aliphatic carbocycles. The molecule has 0 fully saturated rings. The fraction of sp³-hybridized carbons (Fsp3) is 0.0857. The number of nitrogens with zero attached hydrogens (tertiary/aromatic N) is 4. The van der Waals surface area contributed by atoms with Crippen LogP contribution >= 0.6 is 15.9 Å². The van der Waals surface area contributed by atoms with E-state index in [9.17, 15) is 0 Å². The Balaban J connectivity index is 0.000000363. The minimum atomic E-state index is -1.48. The number of aryl methyl sites for hydroxylation is 3. The molecule has 0 spiro atoms. The predicted octanol–water partition coefficient (Wildman–Crippen LogP) is 3.40. The molecule has 6 aromatic rings. The van der Waals surface area contributed by atoms with E-state index in [2.05, 4.69) is 183 Å². The normalized spacial score (nSPS) is 19.8. The summed E-state index contributed by atoms with van der Waals surface area (Å²) >= 11 is 3.65. The Labute approximate surface area is 256 Å². The molecule has 7 heteroatoms. The molecule has 0 unspecified atom stereocenters. The first-order chi connectivity index (χ1) is 20.5. The Kier molecular flexibility index (Phi) is 6.43. The van der Waals surface area contributed by atoms with Crippen LogP contribution in [0.25, 0.3) is 5.47 Å². The van der Waals surface area contributed by atoms with E-state index < -0.39 is 12.6 Å². The average Bonchev–Trinajstić information content (AvgIpc) is 3.64. The Morgan fingerprint density at radius 3 is 1.69 bits per heavy atom. The van der Waals surface area contributed by atoms with E-state index in [1.807, 2.05) is 18.2 Å². The van der Waals surface area contributed by atoms with Crippen LogP contribution in [0.1, 0.15) is 11.1 Å². The van der Waals surface area contributed by atoms with Crippen molar-refractivity contribution in [3.8, 4) is 0 Å². The summed E-state index contributed by atoms with van der Waals surface area (Å²) in [7, 11) is 4.38. The number of aromatic nitrogens is 4. The van der Waals surface area contributed by atoms with Crippen molar-refractivity contribution < 1.29 is 8.96 Å². The summed E-state index contributed by atoms with van der Waals surface area (Å²) in [6, 6.07) is 41.1. The maximum absolute atomic E-state index is 3.65. The zero-order valence-corrected chi connectivity index (χ0v) is 25.8. The molecule has 206 valence electrons. The quantitative estimate of drug-likeness (QED) is 0.274. The summed E-state index contributed by atoms with van der Waals surface area (Å²) in [4.78, 5) is 0. The van der Waals surface area contributed by atoms with E-state index in [0.717, 1.165) is 4.47 Å². The van der Waals surface area contributed by atoms with Crippen LogP contribution in [0.3, 0.4) is 0 Å². The fourth-order valence-electron chi connectivity index (χ4n) is 7.71. The molecule has 42 heavy (non-hydrogen) atoms. The predicted molar refractivity (Wildman–Crippen MR) is 178 cm³/mol. The molecule has 0 amide bonds. The van der Waals surface area contributed by atoms with Crippen molar-refractivity contribution in [1.29, 1.82) is 0 Å². The molecule has 3 aliphatic heterocycles. The molecule has 9 rings (SSSR count). The summed E-state index contributed by atoms with van der Waals surface area (Å²) in [5, 5.41) is 0. The summed E-state index contributed by atoms with van der Waals surface area (Å²) < 4.78 is 10.9. The van der Waals surface area contributed by atoms with Gasteiger partial charge >= 0.3 is 12.6 Å². The van der Waals surface area contributed by atoms with E-state index in [4.69, 9.17) is 0 Å². The highest BCUT2D eigenvalue weighted by atomic mass is 79.9. The first-order valence-corrected chi connectivity index (χ1v) is 15.4. The Bertz CT molecular complexity index is 1920. The summed E-state index contributed by atoms with van der Waals surface area (Å²) in [5.41, 5.74) is 9.22. The maximum atomic E-state index is 3.65. The van der Waals surface area contributed by atoms with Gasteiger partial charge in [-0.05, 0) is 19.1 Å². The van der Waals surface area contributed by atoms with Crippen LogP contribution in [0.2, 0.25) is 0 Å². The van der Waals surface area contributed by atoms with Crippen LogP contribution in [-0.2, 0) is 14.1 Å². The van der Waals surface area contributed by atoms with Gasteiger partial charge in [0.2, 0.25) is 0 Å². The lowest BCUT2D eigenvalue weighted by molar-refractivity contribution is -0.578. The van der Waals surface area contributed by atoms with Crippen molar-refractivity contribution in [2.45, 2.75) is 6.92 Å². The first kappa shape index (κ1) is 26.5. The Morgan fingerprint density at radius 1 is 0.595 bits per heavy atom. The average molecular weight is 611 g/mol. The standard InChI is InChI=1S/C28H25B2BrN4.C7H8/c1-32-18-20-35-27(32)29(23-9-5-3-6-10-23)21-26(22-13-15-25(31)16-14-22)30(35,24-11-7-4-8-12-24)28-33(2)17-19-34(28)29;1-7-5-3-2-4-6-7/h3-21H,1-2H3;2-6H,1H3/t29-,30+;/m0./s1. The maximum Gasteiger partial charge on any atom is 0.346 e. The Morgan fingerprint density at radius 2 is 1.12 bits per heavy atom. The summed E-state index contributed by atoms with van der Waals surface area (Å²) in [5.74, 6) is 2.59. The van der Waals surface area contributed by atoms with Gasteiger partial charge in [0, 0.05) is 4.47 Å². The zero-order valence-electron chi connectivity index (χ0n) is 24.2. The molecule has 0 saturated carbocycles. The third-order valence-electron chi connectivity index (χ3n) is 9.36. The molecular weight excluding hydrogens is 578 g/mol. The second-order valence-electron chi connectivity index (χ2n) is 11.7. The molecule has 0 N–H and O–H groups in total. The van der Waals surface area contributed by atoms with Gasteiger partial charge in [-0.15, -0.1) is 10.9 Å². The largest absolute Gasteiger partial charge is 0.446 e. The minimum absolute atomic E-state index is 1.09. The van der Waals surface area contributed by atoms with Crippen LogP contribution in [0.4, 0.5) is 0 Å². The van der Waals surface area contributed by atoms with Gasteiger partial charge in [0.1, 0.15) is 12.4 Å². The van der Waals surface area contributed by atoms with E-state index in [0.29, 0.717) is 0 Å². The molecule has 4 nitrogen and oxygen atoms in total. The van der Waals surface area contributed by atoms with E-state index in [1.54, 1.807) is 0 Å². The Hall–Kier alpha value is -4.35. The number of halogens is 1. The van der Waals surface area contributed by atoms with Crippen LogP contribution < -0.4 is 31.3 Å². The lowest BCUT2D eigenvalue weighted by atomic mass is 9.13. The third kappa shape index (κ3) is 3.76. The molecule has 3 aliphatic rings. The van der Waals surface area contributed by atoms with E-state index in [-0.39, 0.29) is 0 Å². The highest BCUT2D eigenvalue weighted by Crippen LogP contribution is 2.32. The van der Waals surface area contributed by atoms with Crippen molar-refractivity contribution >= 4 is 56.3 Å². The van der Waals surface area contributed by atoms with Crippen molar-refractivity contribution in [2.24, 2.45) is 14.1 Å². The molecule has 4 aromatic carbocycles. The lowest BCUT2D eigenvalue weighted by Gasteiger charge is -2.56. The molecular formula is C35H33B2BrN4. The van der Waals surface area contributed by atoms with Crippen LogP contribution in [0.5, 0.6) is 0 Å². The molecule has 0 saturated heterocycles. The van der Waals surface area contributed by atoms with Crippen LogP contribution in [0, 0.1) is 6.92 Å².